The molecule has 132 valence electrons. The van der Waals surface area contributed by atoms with Gasteiger partial charge in [-0.25, -0.2) is 14.8 Å². The molecule has 0 saturated carbocycles. The van der Waals surface area contributed by atoms with Crippen molar-refractivity contribution in [3.8, 4) is 5.75 Å². The summed E-state index contributed by atoms with van der Waals surface area (Å²) in [7, 11) is 1.62. The fourth-order valence-electron chi connectivity index (χ4n) is 2.88. The normalized spacial score (nSPS) is 14.8. The predicted octanol–water partition coefficient (Wildman–Crippen LogP) is 2.52. The Balaban J connectivity index is 1.39. The average Bonchev–Trinajstić information content (AvgIpc) is 2.68. The quantitative estimate of drug-likeness (QED) is 0.874. The number of aromatic nitrogens is 2. The summed E-state index contributed by atoms with van der Waals surface area (Å²) in [6.45, 7) is 2.50. The highest BCUT2D eigenvalue weighted by Gasteiger charge is 2.21. The second kappa shape index (κ2) is 8.32. The van der Waals surface area contributed by atoms with Crippen molar-refractivity contribution in [1.29, 1.82) is 0 Å². The SMILES string of the molecule is COc1ccc(NC(=O)NCC2CCN(c3ncccn3)CC2)cc1. The van der Waals surface area contributed by atoms with Gasteiger partial charge in [0, 0.05) is 37.7 Å². The van der Waals surface area contributed by atoms with Gasteiger partial charge >= 0.3 is 6.03 Å². The molecule has 0 radical (unpaired) electrons. The molecule has 0 unspecified atom stereocenters. The lowest BCUT2D eigenvalue weighted by atomic mass is 9.97. The number of hydrogen-bond donors (Lipinski definition) is 2. The number of ether oxygens (including phenoxy) is 1. The van der Waals surface area contributed by atoms with Crippen molar-refractivity contribution in [3.63, 3.8) is 0 Å². The second-order valence-corrected chi connectivity index (χ2v) is 6.04. The standard InChI is InChI=1S/C18H23N5O2/c1-25-16-5-3-15(4-6-16)22-18(24)21-13-14-7-11-23(12-8-14)17-19-9-2-10-20-17/h2-6,9-10,14H,7-8,11-13H2,1H3,(H2,21,22,24). The second-order valence-electron chi connectivity index (χ2n) is 6.04. The number of carbonyl (C=O) groups is 1. The first-order valence-electron chi connectivity index (χ1n) is 8.45. The molecule has 1 aliphatic heterocycles. The zero-order valence-electron chi connectivity index (χ0n) is 14.3. The molecule has 25 heavy (non-hydrogen) atoms. The summed E-state index contributed by atoms with van der Waals surface area (Å²) >= 11 is 0. The minimum atomic E-state index is -0.181. The largest absolute Gasteiger partial charge is 0.497 e. The third-order valence-electron chi connectivity index (χ3n) is 4.35. The maximum absolute atomic E-state index is 12.0. The molecule has 2 amide bonds. The minimum absolute atomic E-state index is 0.181. The van der Waals surface area contributed by atoms with Gasteiger partial charge in [-0.15, -0.1) is 0 Å². The van der Waals surface area contributed by atoms with Crippen molar-refractivity contribution in [2.24, 2.45) is 5.92 Å². The summed E-state index contributed by atoms with van der Waals surface area (Å²) in [5.41, 5.74) is 0.745. The van der Waals surface area contributed by atoms with Crippen molar-refractivity contribution in [2.45, 2.75) is 12.8 Å². The van der Waals surface area contributed by atoms with Crippen LogP contribution >= 0.6 is 0 Å². The van der Waals surface area contributed by atoms with Gasteiger partial charge in [0.2, 0.25) is 5.95 Å². The Kier molecular flexibility index (Phi) is 5.66. The van der Waals surface area contributed by atoms with Gasteiger partial charge in [-0.3, -0.25) is 0 Å². The number of amides is 2. The Morgan fingerprint density at radius 2 is 1.88 bits per heavy atom. The number of nitrogens with zero attached hydrogens (tertiary/aromatic N) is 3. The lowest BCUT2D eigenvalue weighted by Crippen LogP contribution is -2.40. The van der Waals surface area contributed by atoms with Crippen LogP contribution in [0.4, 0.5) is 16.4 Å². The number of anilines is 2. The van der Waals surface area contributed by atoms with E-state index in [1.54, 1.807) is 19.5 Å². The molecule has 0 bridgehead atoms. The van der Waals surface area contributed by atoms with Crippen molar-refractivity contribution >= 4 is 17.7 Å². The van der Waals surface area contributed by atoms with Crippen LogP contribution in [-0.2, 0) is 0 Å². The maximum atomic E-state index is 12.0. The van der Waals surface area contributed by atoms with Gasteiger partial charge < -0.3 is 20.3 Å². The van der Waals surface area contributed by atoms with Crippen LogP contribution in [0.3, 0.4) is 0 Å². The van der Waals surface area contributed by atoms with Gasteiger partial charge in [0.1, 0.15) is 5.75 Å². The van der Waals surface area contributed by atoms with E-state index in [2.05, 4.69) is 25.5 Å². The van der Waals surface area contributed by atoms with E-state index < -0.39 is 0 Å². The fourth-order valence-corrected chi connectivity index (χ4v) is 2.88. The summed E-state index contributed by atoms with van der Waals surface area (Å²) in [5.74, 6) is 2.02. The molecular formula is C18H23N5O2. The van der Waals surface area contributed by atoms with Crippen LogP contribution in [-0.4, -0.2) is 42.7 Å². The van der Waals surface area contributed by atoms with Gasteiger partial charge in [-0.2, -0.15) is 0 Å². The first-order chi connectivity index (χ1) is 12.2. The number of carbonyl (C=O) groups excluding carboxylic acids is 1. The third-order valence-corrected chi connectivity index (χ3v) is 4.35. The Bertz CT molecular complexity index is 670. The molecule has 7 heteroatoms. The summed E-state index contributed by atoms with van der Waals surface area (Å²) in [6.07, 6.45) is 5.56. The first-order valence-corrected chi connectivity index (χ1v) is 8.45. The van der Waals surface area contributed by atoms with E-state index in [1.807, 2.05) is 30.3 Å². The van der Waals surface area contributed by atoms with E-state index in [9.17, 15) is 4.79 Å². The molecule has 1 aromatic carbocycles. The Morgan fingerprint density at radius 1 is 1.20 bits per heavy atom. The van der Waals surface area contributed by atoms with E-state index in [1.165, 1.54) is 0 Å². The lowest BCUT2D eigenvalue weighted by molar-refractivity contribution is 0.248. The number of urea groups is 1. The topological polar surface area (TPSA) is 79.4 Å². The van der Waals surface area contributed by atoms with Gasteiger partial charge in [0.25, 0.3) is 0 Å². The summed E-state index contributed by atoms with van der Waals surface area (Å²) in [6, 6.07) is 8.90. The van der Waals surface area contributed by atoms with Crippen LogP contribution in [0.15, 0.2) is 42.7 Å². The lowest BCUT2D eigenvalue weighted by Gasteiger charge is -2.31. The molecule has 0 atom stereocenters. The molecule has 1 fully saturated rings. The number of piperidine rings is 1. The third kappa shape index (κ3) is 4.82. The van der Waals surface area contributed by atoms with E-state index >= 15 is 0 Å². The molecule has 7 nitrogen and oxygen atoms in total. The van der Waals surface area contributed by atoms with Crippen LogP contribution < -0.4 is 20.3 Å². The highest BCUT2D eigenvalue weighted by atomic mass is 16.5. The number of rotatable bonds is 5. The molecule has 1 saturated heterocycles. The number of hydrogen-bond acceptors (Lipinski definition) is 5. The zero-order valence-corrected chi connectivity index (χ0v) is 14.3. The van der Waals surface area contributed by atoms with Crippen molar-refractivity contribution < 1.29 is 9.53 Å². The molecular weight excluding hydrogens is 318 g/mol. The van der Waals surface area contributed by atoms with Crippen LogP contribution in [0.25, 0.3) is 0 Å². The van der Waals surface area contributed by atoms with Gasteiger partial charge in [-0.1, -0.05) is 0 Å². The van der Waals surface area contributed by atoms with Crippen LogP contribution in [0.2, 0.25) is 0 Å². The zero-order chi connectivity index (χ0) is 17.5. The molecule has 1 aromatic heterocycles. The molecule has 0 aliphatic carbocycles. The van der Waals surface area contributed by atoms with E-state index in [0.717, 1.165) is 43.3 Å². The fraction of sp³-hybridized carbons (Fsp3) is 0.389. The summed E-state index contributed by atoms with van der Waals surface area (Å²) < 4.78 is 5.10. The minimum Gasteiger partial charge on any atom is -0.497 e. The maximum Gasteiger partial charge on any atom is 0.319 e. The predicted molar refractivity (Wildman–Crippen MR) is 97.0 cm³/mol. The Morgan fingerprint density at radius 3 is 2.52 bits per heavy atom. The highest BCUT2D eigenvalue weighted by Crippen LogP contribution is 2.20. The van der Waals surface area contributed by atoms with Crippen LogP contribution in [0.5, 0.6) is 5.75 Å². The Hall–Kier alpha value is -2.83. The highest BCUT2D eigenvalue weighted by molar-refractivity contribution is 5.89. The number of benzene rings is 1. The van der Waals surface area contributed by atoms with Gasteiger partial charge in [0.05, 0.1) is 7.11 Å². The van der Waals surface area contributed by atoms with E-state index in [-0.39, 0.29) is 6.03 Å². The van der Waals surface area contributed by atoms with Crippen molar-refractivity contribution in [3.05, 3.63) is 42.7 Å². The van der Waals surface area contributed by atoms with Crippen LogP contribution in [0, 0.1) is 5.92 Å². The molecule has 2 N–H and O–H groups in total. The number of nitrogens with one attached hydrogen (secondary N) is 2. The van der Waals surface area contributed by atoms with Crippen molar-refractivity contribution in [1.82, 2.24) is 15.3 Å². The molecule has 0 spiro atoms. The monoisotopic (exact) mass is 341 g/mol. The van der Waals surface area contributed by atoms with Gasteiger partial charge in [0.15, 0.2) is 0 Å². The van der Waals surface area contributed by atoms with Crippen molar-refractivity contribution in [2.75, 3.05) is 37.0 Å². The van der Waals surface area contributed by atoms with E-state index in [0.29, 0.717) is 12.5 Å². The van der Waals surface area contributed by atoms with Gasteiger partial charge in [-0.05, 0) is 49.1 Å². The molecule has 2 heterocycles. The molecule has 2 aromatic rings. The first kappa shape index (κ1) is 17.0. The molecule has 1 aliphatic rings. The smallest absolute Gasteiger partial charge is 0.319 e. The van der Waals surface area contributed by atoms with E-state index in [4.69, 9.17) is 4.74 Å². The summed E-state index contributed by atoms with van der Waals surface area (Å²) in [4.78, 5) is 22.8. The average molecular weight is 341 g/mol. The Labute approximate surface area is 147 Å². The summed E-state index contributed by atoms with van der Waals surface area (Å²) in [5, 5.41) is 5.78. The van der Waals surface area contributed by atoms with Crippen LogP contribution in [0.1, 0.15) is 12.8 Å². The number of methoxy groups -OCH3 is 1. The molecule has 3 rings (SSSR count).